The SMILES string of the molecule is CC1(C)c2ccccc2-c2[nH]c3c(B4OC(C)(C)C(C)(C)O4)cccc3c21. The number of aromatic amines is 1. The van der Waals surface area contributed by atoms with Crippen molar-refractivity contribution in [3.63, 3.8) is 0 Å². The predicted molar refractivity (Wildman–Crippen MR) is 112 cm³/mol. The van der Waals surface area contributed by atoms with E-state index in [2.05, 4.69) is 89.0 Å². The fourth-order valence-electron chi connectivity index (χ4n) is 4.64. The second-order valence-corrected chi connectivity index (χ2v) is 9.40. The number of hydrogen-bond acceptors (Lipinski definition) is 2. The summed E-state index contributed by atoms with van der Waals surface area (Å²) < 4.78 is 12.7. The van der Waals surface area contributed by atoms with Crippen LogP contribution < -0.4 is 5.46 Å². The molecule has 0 amide bonds. The van der Waals surface area contributed by atoms with E-state index in [1.54, 1.807) is 0 Å². The molecule has 138 valence electrons. The molecule has 0 radical (unpaired) electrons. The van der Waals surface area contributed by atoms with Gasteiger partial charge in [-0.25, -0.2) is 0 Å². The van der Waals surface area contributed by atoms with E-state index in [0.717, 1.165) is 11.0 Å². The Morgan fingerprint density at radius 2 is 1.48 bits per heavy atom. The highest BCUT2D eigenvalue weighted by atomic mass is 16.7. The minimum atomic E-state index is -0.365. The molecule has 0 atom stereocenters. The van der Waals surface area contributed by atoms with Crippen molar-refractivity contribution in [3.8, 4) is 11.3 Å². The van der Waals surface area contributed by atoms with Crippen LogP contribution in [0.25, 0.3) is 22.2 Å². The third-order valence-corrected chi connectivity index (χ3v) is 6.87. The second kappa shape index (κ2) is 5.06. The van der Waals surface area contributed by atoms with E-state index in [1.165, 1.54) is 27.8 Å². The molecule has 3 aromatic rings. The van der Waals surface area contributed by atoms with Gasteiger partial charge in [0.2, 0.25) is 0 Å². The van der Waals surface area contributed by atoms with E-state index in [0.29, 0.717) is 0 Å². The predicted octanol–water partition coefficient (Wildman–Crippen LogP) is 4.77. The van der Waals surface area contributed by atoms with Crippen molar-refractivity contribution in [2.45, 2.75) is 58.2 Å². The molecule has 2 aromatic carbocycles. The van der Waals surface area contributed by atoms with E-state index in [-0.39, 0.29) is 23.7 Å². The lowest BCUT2D eigenvalue weighted by Crippen LogP contribution is -2.41. The van der Waals surface area contributed by atoms with Crippen molar-refractivity contribution in [3.05, 3.63) is 53.6 Å². The Morgan fingerprint density at radius 3 is 2.19 bits per heavy atom. The number of rotatable bonds is 1. The van der Waals surface area contributed by atoms with Gasteiger partial charge in [0.05, 0.1) is 16.9 Å². The third kappa shape index (κ3) is 2.11. The summed E-state index contributed by atoms with van der Waals surface area (Å²) in [5.74, 6) is 0. The maximum atomic E-state index is 6.34. The molecule has 0 bridgehead atoms. The maximum absolute atomic E-state index is 6.34. The van der Waals surface area contributed by atoms with Gasteiger partial charge < -0.3 is 14.3 Å². The van der Waals surface area contributed by atoms with Gasteiger partial charge in [0.1, 0.15) is 0 Å². The van der Waals surface area contributed by atoms with Crippen LogP contribution in [0, 0.1) is 0 Å². The largest absolute Gasteiger partial charge is 0.497 e. The molecule has 0 unspecified atom stereocenters. The Bertz CT molecular complexity index is 1060. The molecule has 27 heavy (non-hydrogen) atoms. The summed E-state index contributed by atoms with van der Waals surface area (Å²) in [7, 11) is -0.365. The lowest BCUT2D eigenvalue weighted by atomic mass is 9.76. The number of nitrogens with one attached hydrogen (secondary N) is 1. The second-order valence-electron chi connectivity index (χ2n) is 9.40. The lowest BCUT2D eigenvalue weighted by molar-refractivity contribution is 0.00578. The lowest BCUT2D eigenvalue weighted by Gasteiger charge is -2.32. The fraction of sp³-hybridized carbons (Fsp3) is 0.391. The van der Waals surface area contributed by atoms with Crippen molar-refractivity contribution in [1.29, 1.82) is 0 Å². The van der Waals surface area contributed by atoms with Crippen molar-refractivity contribution in [2.24, 2.45) is 0 Å². The molecular formula is C23H26BNO2. The molecule has 0 saturated carbocycles. The number of benzene rings is 2. The van der Waals surface area contributed by atoms with E-state index in [9.17, 15) is 0 Å². The topological polar surface area (TPSA) is 34.2 Å². The number of para-hydroxylation sites is 1. The van der Waals surface area contributed by atoms with Crippen molar-refractivity contribution < 1.29 is 9.31 Å². The van der Waals surface area contributed by atoms with Gasteiger partial charge in [0, 0.05) is 27.3 Å². The Morgan fingerprint density at radius 1 is 0.815 bits per heavy atom. The zero-order chi connectivity index (χ0) is 19.2. The van der Waals surface area contributed by atoms with Crippen molar-refractivity contribution >= 4 is 23.5 Å². The summed E-state index contributed by atoms with van der Waals surface area (Å²) in [6.07, 6.45) is 0. The molecule has 2 heterocycles. The molecule has 1 fully saturated rings. The summed E-state index contributed by atoms with van der Waals surface area (Å²) in [4.78, 5) is 3.73. The minimum Gasteiger partial charge on any atom is -0.399 e. The van der Waals surface area contributed by atoms with Crippen LogP contribution in [0.5, 0.6) is 0 Å². The molecule has 5 rings (SSSR count). The number of H-pyrrole nitrogens is 1. The summed E-state index contributed by atoms with van der Waals surface area (Å²) in [6, 6.07) is 15.2. The molecule has 1 N–H and O–H groups in total. The molecule has 1 saturated heterocycles. The first-order valence-corrected chi connectivity index (χ1v) is 9.74. The van der Waals surface area contributed by atoms with Gasteiger partial charge in [-0.3, -0.25) is 0 Å². The highest BCUT2D eigenvalue weighted by Crippen LogP contribution is 2.51. The van der Waals surface area contributed by atoms with Gasteiger partial charge in [-0.15, -0.1) is 0 Å². The minimum absolute atomic E-state index is 0.0290. The fourth-order valence-corrected chi connectivity index (χ4v) is 4.64. The van der Waals surface area contributed by atoms with Gasteiger partial charge in [-0.1, -0.05) is 56.3 Å². The smallest absolute Gasteiger partial charge is 0.399 e. The Labute approximate surface area is 161 Å². The molecule has 4 heteroatoms. The number of hydrogen-bond donors (Lipinski definition) is 1. The zero-order valence-corrected chi connectivity index (χ0v) is 16.9. The van der Waals surface area contributed by atoms with Crippen LogP contribution in [0.15, 0.2) is 42.5 Å². The third-order valence-electron chi connectivity index (χ3n) is 6.87. The van der Waals surface area contributed by atoms with Gasteiger partial charge in [-0.2, -0.15) is 0 Å². The van der Waals surface area contributed by atoms with Gasteiger partial charge in [0.25, 0.3) is 0 Å². The van der Waals surface area contributed by atoms with Gasteiger partial charge in [0.15, 0.2) is 0 Å². The summed E-state index contributed by atoms with van der Waals surface area (Å²) in [5, 5.41) is 1.26. The van der Waals surface area contributed by atoms with Crippen LogP contribution in [0.3, 0.4) is 0 Å². The Hall–Kier alpha value is -2.04. The first kappa shape index (κ1) is 17.1. The normalized spacial score (nSPS) is 21.5. The number of aromatic nitrogens is 1. The highest BCUT2D eigenvalue weighted by molar-refractivity contribution is 6.65. The van der Waals surface area contributed by atoms with Crippen LogP contribution in [0.4, 0.5) is 0 Å². The highest BCUT2D eigenvalue weighted by Gasteiger charge is 2.52. The van der Waals surface area contributed by atoms with E-state index in [1.807, 2.05) is 0 Å². The summed E-state index contributed by atoms with van der Waals surface area (Å²) >= 11 is 0. The van der Waals surface area contributed by atoms with Crippen LogP contribution in [0.1, 0.15) is 52.7 Å². The number of fused-ring (bicyclic) bond motifs is 5. The molecule has 1 aliphatic heterocycles. The molecule has 3 nitrogen and oxygen atoms in total. The van der Waals surface area contributed by atoms with E-state index in [4.69, 9.17) is 9.31 Å². The van der Waals surface area contributed by atoms with Crippen LogP contribution >= 0.6 is 0 Å². The molecule has 0 spiro atoms. The van der Waals surface area contributed by atoms with E-state index >= 15 is 0 Å². The molecule has 1 aliphatic carbocycles. The molecular weight excluding hydrogens is 333 g/mol. The summed E-state index contributed by atoms with van der Waals surface area (Å²) in [6.45, 7) is 13.0. The average Bonchev–Trinajstić information content (AvgIpc) is 3.16. The van der Waals surface area contributed by atoms with Crippen molar-refractivity contribution in [1.82, 2.24) is 4.98 Å². The van der Waals surface area contributed by atoms with Crippen LogP contribution in [-0.4, -0.2) is 23.3 Å². The molecule has 1 aromatic heterocycles. The van der Waals surface area contributed by atoms with Gasteiger partial charge in [-0.05, 0) is 38.8 Å². The van der Waals surface area contributed by atoms with Crippen LogP contribution in [-0.2, 0) is 14.7 Å². The quantitative estimate of drug-likeness (QED) is 0.635. The first-order valence-electron chi connectivity index (χ1n) is 9.74. The monoisotopic (exact) mass is 359 g/mol. The van der Waals surface area contributed by atoms with Crippen molar-refractivity contribution in [2.75, 3.05) is 0 Å². The standard InChI is InChI=1S/C23H26BNO2/c1-21(2)16-12-8-7-10-14(16)20-18(21)15-11-9-13-17(19(15)25-20)24-26-22(3,4)23(5,6)27-24/h7-13,25H,1-6H3. The Balaban J connectivity index is 1.73. The molecule has 2 aliphatic rings. The zero-order valence-electron chi connectivity index (χ0n) is 16.9. The van der Waals surface area contributed by atoms with Crippen LogP contribution in [0.2, 0.25) is 0 Å². The van der Waals surface area contributed by atoms with E-state index < -0.39 is 0 Å². The maximum Gasteiger partial charge on any atom is 0.497 e. The average molecular weight is 359 g/mol. The Kier molecular flexibility index (Phi) is 3.20. The van der Waals surface area contributed by atoms with Gasteiger partial charge >= 0.3 is 7.12 Å². The first-order chi connectivity index (χ1) is 12.6. The summed E-state index contributed by atoms with van der Waals surface area (Å²) in [5.41, 5.74) is 6.77.